The number of rotatable bonds is 5. The number of anilines is 2. The normalized spacial score (nSPS) is 15.4. The SMILES string of the molecule is CS(=O)(=O)Nc1cc(NC(=O)c2ccc3c(c2)CC(c2ccccc2)OC3=O)ccc1F. The van der Waals surface area contributed by atoms with Gasteiger partial charge < -0.3 is 10.1 Å². The first kappa shape index (κ1) is 21.5. The predicted octanol–water partition coefficient (Wildman–Crippen LogP) is 3.90. The van der Waals surface area contributed by atoms with Crippen molar-refractivity contribution in [2.24, 2.45) is 0 Å². The van der Waals surface area contributed by atoms with E-state index < -0.39 is 33.8 Å². The molecule has 1 amide bonds. The highest BCUT2D eigenvalue weighted by Gasteiger charge is 2.28. The maximum atomic E-state index is 13.9. The molecule has 3 aromatic rings. The van der Waals surface area contributed by atoms with E-state index in [9.17, 15) is 22.4 Å². The fourth-order valence-corrected chi connectivity index (χ4v) is 4.03. The van der Waals surface area contributed by atoms with Crippen LogP contribution in [0.4, 0.5) is 15.8 Å². The molecule has 0 spiro atoms. The highest BCUT2D eigenvalue weighted by molar-refractivity contribution is 7.92. The lowest BCUT2D eigenvalue weighted by atomic mass is 9.93. The number of carbonyl (C=O) groups excluding carboxylic acids is 2. The second kappa shape index (κ2) is 8.43. The highest BCUT2D eigenvalue weighted by atomic mass is 32.2. The molecule has 0 aromatic heterocycles. The van der Waals surface area contributed by atoms with Crippen LogP contribution in [0.1, 0.15) is 37.9 Å². The third-order valence-electron chi connectivity index (χ3n) is 4.93. The van der Waals surface area contributed by atoms with Gasteiger partial charge in [-0.3, -0.25) is 9.52 Å². The van der Waals surface area contributed by atoms with Gasteiger partial charge in [-0.25, -0.2) is 17.6 Å². The van der Waals surface area contributed by atoms with Crippen LogP contribution in [0.25, 0.3) is 0 Å². The van der Waals surface area contributed by atoms with E-state index in [0.29, 0.717) is 23.1 Å². The average molecular weight is 454 g/mol. The van der Waals surface area contributed by atoms with Gasteiger partial charge in [0.2, 0.25) is 10.0 Å². The zero-order chi connectivity index (χ0) is 22.9. The van der Waals surface area contributed by atoms with Crippen LogP contribution in [0.5, 0.6) is 0 Å². The van der Waals surface area contributed by atoms with Crippen molar-refractivity contribution < 1.29 is 27.1 Å². The molecule has 4 rings (SSSR count). The summed E-state index contributed by atoms with van der Waals surface area (Å²) in [5.74, 6) is -1.71. The number of amides is 1. The number of esters is 1. The fraction of sp³-hybridized carbons (Fsp3) is 0.130. The minimum Gasteiger partial charge on any atom is -0.454 e. The first-order chi connectivity index (χ1) is 15.2. The van der Waals surface area contributed by atoms with Crippen LogP contribution >= 0.6 is 0 Å². The maximum Gasteiger partial charge on any atom is 0.339 e. The Morgan fingerprint density at radius 3 is 2.53 bits per heavy atom. The van der Waals surface area contributed by atoms with E-state index in [1.165, 1.54) is 24.3 Å². The minimum absolute atomic E-state index is 0.210. The molecule has 7 nitrogen and oxygen atoms in total. The van der Waals surface area contributed by atoms with Crippen LogP contribution in [0, 0.1) is 5.82 Å². The van der Waals surface area contributed by atoms with E-state index >= 15 is 0 Å². The molecule has 1 aliphatic heterocycles. The van der Waals surface area contributed by atoms with Crippen LogP contribution in [-0.2, 0) is 21.2 Å². The highest BCUT2D eigenvalue weighted by Crippen LogP contribution is 2.31. The molecular formula is C23H19FN2O5S. The molecule has 32 heavy (non-hydrogen) atoms. The first-order valence-electron chi connectivity index (χ1n) is 9.67. The van der Waals surface area contributed by atoms with Gasteiger partial charge in [0.1, 0.15) is 11.9 Å². The van der Waals surface area contributed by atoms with E-state index in [2.05, 4.69) is 10.0 Å². The molecule has 1 unspecified atom stereocenters. The Morgan fingerprint density at radius 2 is 1.81 bits per heavy atom. The molecule has 9 heteroatoms. The molecule has 1 aliphatic rings. The van der Waals surface area contributed by atoms with Crippen molar-refractivity contribution in [1.82, 2.24) is 0 Å². The topological polar surface area (TPSA) is 102 Å². The number of hydrogen-bond acceptors (Lipinski definition) is 5. The van der Waals surface area contributed by atoms with Gasteiger partial charge in [0.25, 0.3) is 5.91 Å². The van der Waals surface area contributed by atoms with Crippen LogP contribution in [0.2, 0.25) is 0 Å². The molecule has 164 valence electrons. The molecule has 0 saturated heterocycles. The minimum atomic E-state index is -3.69. The fourth-order valence-electron chi connectivity index (χ4n) is 3.47. The van der Waals surface area contributed by atoms with Gasteiger partial charge in [-0.15, -0.1) is 0 Å². The van der Waals surface area contributed by atoms with Gasteiger partial charge in [-0.1, -0.05) is 30.3 Å². The molecule has 0 saturated carbocycles. The summed E-state index contributed by atoms with van der Waals surface area (Å²) in [5, 5.41) is 2.62. The van der Waals surface area contributed by atoms with Crippen molar-refractivity contribution in [1.29, 1.82) is 0 Å². The predicted molar refractivity (Wildman–Crippen MR) is 118 cm³/mol. The molecule has 0 fully saturated rings. The Balaban J connectivity index is 1.56. The largest absolute Gasteiger partial charge is 0.454 e. The van der Waals surface area contributed by atoms with E-state index in [1.807, 2.05) is 30.3 Å². The van der Waals surface area contributed by atoms with Gasteiger partial charge in [0, 0.05) is 17.7 Å². The monoisotopic (exact) mass is 454 g/mol. The summed E-state index contributed by atoms with van der Waals surface area (Å²) in [6.45, 7) is 0. The van der Waals surface area contributed by atoms with Gasteiger partial charge in [-0.2, -0.15) is 0 Å². The van der Waals surface area contributed by atoms with E-state index in [-0.39, 0.29) is 11.4 Å². The van der Waals surface area contributed by atoms with Crippen molar-refractivity contribution in [3.8, 4) is 0 Å². The molecule has 1 heterocycles. The number of carbonyl (C=O) groups is 2. The molecule has 1 atom stereocenters. The van der Waals surface area contributed by atoms with Gasteiger partial charge >= 0.3 is 5.97 Å². The standard InChI is InChI=1S/C23H19FN2O5S/c1-32(29,30)26-20-13-17(8-10-19(20)24)25-22(27)15-7-9-18-16(11-15)12-21(31-23(18)28)14-5-3-2-4-6-14/h2-11,13,21,26H,12H2,1H3,(H,25,27). The summed E-state index contributed by atoms with van der Waals surface area (Å²) >= 11 is 0. The molecular weight excluding hydrogens is 435 g/mol. The molecule has 0 radical (unpaired) electrons. The number of cyclic esters (lactones) is 1. The summed E-state index contributed by atoms with van der Waals surface area (Å²) in [4.78, 5) is 25.2. The smallest absolute Gasteiger partial charge is 0.339 e. The molecule has 0 aliphatic carbocycles. The summed E-state index contributed by atoms with van der Waals surface area (Å²) in [6.07, 6.45) is 0.875. The maximum absolute atomic E-state index is 13.9. The zero-order valence-electron chi connectivity index (χ0n) is 17.0. The number of benzene rings is 3. The lowest BCUT2D eigenvalue weighted by molar-refractivity contribution is 0.0252. The van der Waals surface area contributed by atoms with Crippen molar-refractivity contribution >= 4 is 33.3 Å². The van der Waals surface area contributed by atoms with Crippen LogP contribution in [0.3, 0.4) is 0 Å². The number of hydrogen-bond donors (Lipinski definition) is 2. The number of ether oxygens (including phenoxy) is 1. The third-order valence-corrected chi connectivity index (χ3v) is 5.52. The van der Waals surface area contributed by atoms with Crippen LogP contribution < -0.4 is 10.0 Å². The molecule has 2 N–H and O–H groups in total. The quantitative estimate of drug-likeness (QED) is 0.570. The number of fused-ring (bicyclic) bond motifs is 1. The van der Waals surface area contributed by atoms with Crippen molar-refractivity contribution in [3.63, 3.8) is 0 Å². The van der Waals surface area contributed by atoms with E-state index in [0.717, 1.165) is 17.9 Å². The molecule has 0 bridgehead atoms. The summed E-state index contributed by atoms with van der Waals surface area (Å²) in [7, 11) is -3.69. The lowest BCUT2D eigenvalue weighted by Crippen LogP contribution is -2.23. The first-order valence-corrected chi connectivity index (χ1v) is 11.6. The number of nitrogens with one attached hydrogen (secondary N) is 2. The van der Waals surface area contributed by atoms with Crippen molar-refractivity contribution in [3.05, 3.63) is 94.8 Å². The number of sulfonamides is 1. The lowest BCUT2D eigenvalue weighted by Gasteiger charge is -2.25. The van der Waals surface area contributed by atoms with E-state index in [4.69, 9.17) is 4.74 Å². The van der Waals surface area contributed by atoms with E-state index in [1.54, 1.807) is 6.07 Å². The van der Waals surface area contributed by atoms with Gasteiger partial charge in [0.15, 0.2) is 0 Å². The second-order valence-corrected chi connectivity index (χ2v) is 9.15. The average Bonchev–Trinajstić information content (AvgIpc) is 2.75. The van der Waals surface area contributed by atoms with Crippen molar-refractivity contribution in [2.75, 3.05) is 16.3 Å². The Labute approximate surface area is 184 Å². The second-order valence-electron chi connectivity index (χ2n) is 7.40. The zero-order valence-corrected chi connectivity index (χ0v) is 17.8. The van der Waals surface area contributed by atoms with Gasteiger partial charge in [0.05, 0.1) is 17.5 Å². The van der Waals surface area contributed by atoms with Crippen LogP contribution in [0.15, 0.2) is 66.7 Å². The van der Waals surface area contributed by atoms with Crippen molar-refractivity contribution in [2.45, 2.75) is 12.5 Å². The Hall–Kier alpha value is -3.72. The summed E-state index contributed by atoms with van der Waals surface area (Å²) in [6, 6.07) is 17.6. The Bertz CT molecular complexity index is 1310. The van der Waals surface area contributed by atoms with Crippen LogP contribution in [-0.4, -0.2) is 26.6 Å². The summed E-state index contributed by atoms with van der Waals surface area (Å²) < 4.78 is 44.3. The number of halogens is 1. The van der Waals surface area contributed by atoms with Gasteiger partial charge in [-0.05, 0) is 47.5 Å². The third kappa shape index (κ3) is 4.78. The Morgan fingerprint density at radius 1 is 1.06 bits per heavy atom. The molecule has 3 aromatic carbocycles. The summed E-state index contributed by atoms with van der Waals surface area (Å²) in [5.41, 5.74) is 2.17. The Kier molecular flexibility index (Phi) is 5.67.